The third-order valence-electron chi connectivity index (χ3n) is 3.88. The topological polar surface area (TPSA) is 53.2 Å². The molecule has 0 aliphatic carbocycles. The fourth-order valence-electron chi connectivity index (χ4n) is 2.63. The second-order valence-corrected chi connectivity index (χ2v) is 5.54. The van der Waals surface area contributed by atoms with Crippen LogP contribution in [0.5, 0.6) is 0 Å². The maximum absolute atomic E-state index is 12.9. The number of nitrogens with one attached hydrogen (secondary N) is 3. The van der Waals surface area contributed by atoms with Crippen molar-refractivity contribution in [1.29, 1.82) is 0 Å². The van der Waals surface area contributed by atoms with Crippen LogP contribution in [-0.2, 0) is 6.18 Å². The molecule has 2 unspecified atom stereocenters. The summed E-state index contributed by atoms with van der Waals surface area (Å²) in [6.07, 6.45) is -2.47. The molecule has 2 rings (SSSR count). The number of benzene rings is 1. The molecule has 1 aliphatic rings. The molecule has 0 spiro atoms. The van der Waals surface area contributed by atoms with Gasteiger partial charge in [0.05, 0.1) is 11.3 Å². The SMILES string of the molecule is CC(NC(=O)Nc1ccccc1C(F)(F)F)C1CCCNC1. The van der Waals surface area contributed by atoms with E-state index in [0.29, 0.717) is 0 Å². The first-order valence-electron chi connectivity index (χ1n) is 7.32. The molecule has 1 saturated heterocycles. The lowest BCUT2D eigenvalue weighted by atomic mass is 9.93. The van der Waals surface area contributed by atoms with Crippen molar-refractivity contribution in [3.63, 3.8) is 0 Å². The minimum atomic E-state index is -4.50. The molecular weight excluding hydrogens is 295 g/mol. The highest BCUT2D eigenvalue weighted by molar-refractivity contribution is 5.90. The Balaban J connectivity index is 1.97. The zero-order valence-corrected chi connectivity index (χ0v) is 12.3. The molecular formula is C15H20F3N3O. The lowest BCUT2D eigenvalue weighted by Crippen LogP contribution is -2.46. The van der Waals surface area contributed by atoms with Crippen molar-refractivity contribution in [3.8, 4) is 0 Å². The van der Waals surface area contributed by atoms with Gasteiger partial charge in [0.2, 0.25) is 0 Å². The van der Waals surface area contributed by atoms with Gasteiger partial charge in [-0.15, -0.1) is 0 Å². The Morgan fingerprint density at radius 3 is 2.73 bits per heavy atom. The zero-order chi connectivity index (χ0) is 16.2. The van der Waals surface area contributed by atoms with E-state index in [9.17, 15) is 18.0 Å². The van der Waals surface area contributed by atoms with Crippen LogP contribution >= 0.6 is 0 Å². The number of rotatable bonds is 3. The molecule has 1 aromatic rings. The van der Waals surface area contributed by atoms with Crippen molar-refractivity contribution in [2.45, 2.75) is 32.0 Å². The number of halogens is 3. The Hall–Kier alpha value is -1.76. The van der Waals surface area contributed by atoms with Crippen LogP contribution in [0.3, 0.4) is 0 Å². The number of piperidine rings is 1. The number of hydrogen-bond acceptors (Lipinski definition) is 2. The van der Waals surface area contributed by atoms with Crippen LogP contribution in [0.4, 0.5) is 23.7 Å². The molecule has 7 heteroatoms. The fraction of sp³-hybridized carbons (Fsp3) is 0.533. The summed E-state index contributed by atoms with van der Waals surface area (Å²) in [5.74, 6) is 0.289. The molecule has 22 heavy (non-hydrogen) atoms. The Bertz CT molecular complexity index is 513. The van der Waals surface area contributed by atoms with E-state index in [1.807, 2.05) is 6.92 Å². The smallest absolute Gasteiger partial charge is 0.335 e. The van der Waals surface area contributed by atoms with Crippen LogP contribution in [0, 0.1) is 5.92 Å². The van der Waals surface area contributed by atoms with Gasteiger partial charge < -0.3 is 16.0 Å². The van der Waals surface area contributed by atoms with Crippen molar-refractivity contribution in [3.05, 3.63) is 29.8 Å². The highest BCUT2D eigenvalue weighted by Gasteiger charge is 2.33. The molecule has 2 atom stereocenters. The minimum Gasteiger partial charge on any atom is -0.335 e. The first-order chi connectivity index (χ1) is 10.4. The van der Waals surface area contributed by atoms with Crippen molar-refractivity contribution < 1.29 is 18.0 Å². The molecule has 0 bridgehead atoms. The predicted octanol–water partition coefficient (Wildman–Crippen LogP) is 3.22. The molecule has 1 aromatic carbocycles. The van der Waals surface area contributed by atoms with E-state index in [1.165, 1.54) is 18.2 Å². The summed E-state index contributed by atoms with van der Waals surface area (Å²) in [6, 6.07) is 4.22. The molecule has 122 valence electrons. The van der Waals surface area contributed by atoms with Crippen molar-refractivity contribution in [2.24, 2.45) is 5.92 Å². The second-order valence-electron chi connectivity index (χ2n) is 5.54. The number of alkyl halides is 3. The Kier molecular flexibility index (Phi) is 5.28. The predicted molar refractivity (Wildman–Crippen MR) is 78.7 cm³/mol. The zero-order valence-electron chi connectivity index (χ0n) is 12.3. The fourth-order valence-corrected chi connectivity index (χ4v) is 2.63. The highest BCUT2D eigenvalue weighted by Crippen LogP contribution is 2.34. The highest BCUT2D eigenvalue weighted by atomic mass is 19.4. The number of amides is 2. The number of anilines is 1. The second kappa shape index (κ2) is 7.00. The van der Waals surface area contributed by atoms with Crippen LogP contribution in [0.2, 0.25) is 0 Å². The molecule has 1 heterocycles. The average Bonchev–Trinajstić information content (AvgIpc) is 2.47. The summed E-state index contributed by atoms with van der Waals surface area (Å²) >= 11 is 0. The Labute approximate surface area is 127 Å². The summed E-state index contributed by atoms with van der Waals surface area (Å²) in [5, 5.41) is 8.26. The summed E-state index contributed by atoms with van der Waals surface area (Å²) < 4.78 is 38.6. The lowest BCUT2D eigenvalue weighted by molar-refractivity contribution is -0.136. The van der Waals surface area contributed by atoms with Gasteiger partial charge >= 0.3 is 12.2 Å². The summed E-state index contributed by atoms with van der Waals surface area (Å²) in [4.78, 5) is 11.9. The molecule has 0 radical (unpaired) electrons. The van der Waals surface area contributed by atoms with Gasteiger partial charge in [-0.1, -0.05) is 12.1 Å². The minimum absolute atomic E-state index is 0.106. The standard InChI is InChI=1S/C15H20F3N3O/c1-10(11-5-4-8-19-9-11)20-14(22)21-13-7-3-2-6-12(13)15(16,17)18/h2-3,6-7,10-11,19H,4-5,8-9H2,1H3,(H2,20,21,22). The molecule has 1 aliphatic heterocycles. The molecule has 1 fully saturated rings. The van der Waals surface area contributed by atoms with E-state index in [-0.39, 0.29) is 17.6 Å². The van der Waals surface area contributed by atoms with Crippen LogP contribution in [0.1, 0.15) is 25.3 Å². The van der Waals surface area contributed by atoms with Crippen molar-refractivity contribution >= 4 is 11.7 Å². The van der Waals surface area contributed by atoms with E-state index in [0.717, 1.165) is 32.0 Å². The maximum atomic E-state index is 12.9. The monoisotopic (exact) mass is 315 g/mol. The number of carbonyl (C=O) groups is 1. The van der Waals surface area contributed by atoms with Crippen LogP contribution < -0.4 is 16.0 Å². The quantitative estimate of drug-likeness (QED) is 0.802. The van der Waals surface area contributed by atoms with Gasteiger partial charge in [-0.25, -0.2) is 4.79 Å². The van der Waals surface area contributed by atoms with E-state index >= 15 is 0 Å². The number of carbonyl (C=O) groups excluding carboxylic acids is 1. The Morgan fingerprint density at radius 1 is 1.36 bits per heavy atom. The normalized spacial score (nSPS) is 20.3. The van der Waals surface area contributed by atoms with E-state index in [4.69, 9.17) is 0 Å². The van der Waals surface area contributed by atoms with Crippen LogP contribution in [-0.4, -0.2) is 25.2 Å². The van der Waals surface area contributed by atoms with Gasteiger partial charge in [-0.2, -0.15) is 13.2 Å². The number of para-hydroxylation sites is 1. The van der Waals surface area contributed by atoms with Crippen LogP contribution in [0.25, 0.3) is 0 Å². The summed E-state index contributed by atoms with van der Waals surface area (Å²) in [6.45, 7) is 3.64. The molecule has 0 saturated carbocycles. The molecule has 2 amide bonds. The first kappa shape index (κ1) is 16.6. The maximum Gasteiger partial charge on any atom is 0.418 e. The molecule has 3 N–H and O–H groups in total. The van der Waals surface area contributed by atoms with Gasteiger partial charge in [-0.05, 0) is 50.9 Å². The number of hydrogen-bond donors (Lipinski definition) is 3. The van der Waals surface area contributed by atoms with E-state index < -0.39 is 17.8 Å². The van der Waals surface area contributed by atoms with Gasteiger partial charge in [0.15, 0.2) is 0 Å². The summed E-state index contributed by atoms with van der Waals surface area (Å²) in [5.41, 5.74) is -1.08. The average molecular weight is 315 g/mol. The third-order valence-corrected chi connectivity index (χ3v) is 3.88. The molecule has 4 nitrogen and oxygen atoms in total. The summed E-state index contributed by atoms with van der Waals surface area (Å²) in [7, 11) is 0. The van der Waals surface area contributed by atoms with Gasteiger partial charge in [0, 0.05) is 6.04 Å². The van der Waals surface area contributed by atoms with Crippen LogP contribution in [0.15, 0.2) is 24.3 Å². The van der Waals surface area contributed by atoms with Gasteiger partial charge in [0.25, 0.3) is 0 Å². The van der Waals surface area contributed by atoms with Gasteiger partial charge in [-0.3, -0.25) is 0 Å². The van der Waals surface area contributed by atoms with Crippen molar-refractivity contribution in [2.75, 3.05) is 18.4 Å². The molecule has 0 aromatic heterocycles. The third kappa shape index (κ3) is 4.37. The van der Waals surface area contributed by atoms with Crippen molar-refractivity contribution in [1.82, 2.24) is 10.6 Å². The van der Waals surface area contributed by atoms with E-state index in [2.05, 4.69) is 16.0 Å². The Morgan fingerprint density at radius 2 is 2.09 bits per heavy atom. The lowest BCUT2D eigenvalue weighted by Gasteiger charge is -2.29. The largest absolute Gasteiger partial charge is 0.418 e. The first-order valence-corrected chi connectivity index (χ1v) is 7.32. The van der Waals surface area contributed by atoms with E-state index in [1.54, 1.807) is 0 Å². The number of urea groups is 1. The van der Waals surface area contributed by atoms with Gasteiger partial charge in [0.1, 0.15) is 0 Å².